The summed E-state index contributed by atoms with van der Waals surface area (Å²) in [4.78, 5) is 12.3. The normalized spacial score (nSPS) is 14.4. The molecular formula is C16H14BrFN2O3S. The van der Waals surface area contributed by atoms with E-state index in [-0.39, 0.29) is 22.2 Å². The van der Waals surface area contributed by atoms with Crippen LogP contribution < -0.4 is 10.0 Å². The molecule has 0 aromatic heterocycles. The van der Waals surface area contributed by atoms with E-state index in [9.17, 15) is 17.6 Å². The summed E-state index contributed by atoms with van der Waals surface area (Å²) >= 11 is 3.18. The molecule has 1 fully saturated rings. The van der Waals surface area contributed by atoms with Crippen molar-refractivity contribution in [2.75, 3.05) is 5.32 Å². The van der Waals surface area contributed by atoms with Gasteiger partial charge in [-0.25, -0.2) is 17.5 Å². The maximum atomic E-state index is 13.8. The van der Waals surface area contributed by atoms with Crippen LogP contribution >= 0.6 is 15.9 Å². The van der Waals surface area contributed by atoms with Crippen LogP contribution in [-0.2, 0) is 10.0 Å². The Morgan fingerprint density at radius 1 is 1.17 bits per heavy atom. The molecule has 1 aliphatic carbocycles. The number of hydrogen-bond acceptors (Lipinski definition) is 3. The van der Waals surface area contributed by atoms with Crippen LogP contribution in [0.5, 0.6) is 0 Å². The molecule has 1 aliphatic rings. The van der Waals surface area contributed by atoms with Gasteiger partial charge in [0.25, 0.3) is 5.91 Å². The largest absolute Gasteiger partial charge is 0.322 e. The monoisotopic (exact) mass is 412 g/mol. The molecule has 1 saturated carbocycles. The zero-order chi connectivity index (χ0) is 17.3. The van der Waals surface area contributed by atoms with E-state index in [1.54, 1.807) is 6.07 Å². The highest BCUT2D eigenvalue weighted by molar-refractivity contribution is 9.10. The van der Waals surface area contributed by atoms with E-state index in [4.69, 9.17) is 0 Å². The van der Waals surface area contributed by atoms with E-state index in [0.717, 1.165) is 12.8 Å². The third kappa shape index (κ3) is 4.00. The standard InChI is InChI=1S/C16H14BrFN2O3S/c17-10-4-7-15(18)14(8-10)16(21)19-12-2-1-3-13(9-12)24(22,23)20-11-5-6-11/h1-4,7-9,11,20H,5-6H2,(H,19,21). The van der Waals surface area contributed by atoms with E-state index in [2.05, 4.69) is 26.0 Å². The van der Waals surface area contributed by atoms with Gasteiger partial charge >= 0.3 is 0 Å². The van der Waals surface area contributed by atoms with Gasteiger partial charge in [-0.05, 0) is 49.2 Å². The Hall–Kier alpha value is -1.77. The molecule has 24 heavy (non-hydrogen) atoms. The Kier molecular flexibility index (Phi) is 4.71. The fourth-order valence-corrected chi connectivity index (χ4v) is 3.81. The van der Waals surface area contributed by atoms with Crippen molar-refractivity contribution in [2.45, 2.75) is 23.8 Å². The molecule has 0 heterocycles. The average Bonchev–Trinajstić information content (AvgIpc) is 3.33. The number of nitrogens with one attached hydrogen (secondary N) is 2. The molecule has 0 unspecified atom stereocenters. The predicted octanol–water partition coefficient (Wildman–Crippen LogP) is 3.28. The zero-order valence-electron chi connectivity index (χ0n) is 12.4. The van der Waals surface area contributed by atoms with Gasteiger partial charge in [0.2, 0.25) is 10.0 Å². The summed E-state index contributed by atoms with van der Waals surface area (Å²) in [6, 6.07) is 9.88. The molecule has 5 nitrogen and oxygen atoms in total. The quantitative estimate of drug-likeness (QED) is 0.790. The van der Waals surface area contributed by atoms with Crippen molar-refractivity contribution in [1.29, 1.82) is 0 Å². The van der Waals surface area contributed by atoms with Gasteiger partial charge in [0, 0.05) is 16.2 Å². The molecule has 0 aliphatic heterocycles. The molecule has 2 N–H and O–H groups in total. The highest BCUT2D eigenvalue weighted by Gasteiger charge is 2.28. The van der Waals surface area contributed by atoms with E-state index in [1.165, 1.54) is 36.4 Å². The van der Waals surface area contributed by atoms with Gasteiger partial charge in [-0.1, -0.05) is 22.0 Å². The number of sulfonamides is 1. The summed E-state index contributed by atoms with van der Waals surface area (Å²) in [5.41, 5.74) is 0.145. The summed E-state index contributed by atoms with van der Waals surface area (Å²) in [5, 5.41) is 2.52. The predicted molar refractivity (Wildman–Crippen MR) is 91.8 cm³/mol. The van der Waals surface area contributed by atoms with Crippen molar-refractivity contribution < 1.29 is 17.6 Å². The number of carbonyl (C=O) groups is 1. The summed E-state index contributed by atoms with van der Waals surface area (Å²) in [7, 11) is -3.62. The van der Waals surface area contributed by atoms with Gasteiger partial charge in [-0.2, -0.15) is 0 Å². The molecule has 8 heteroatoms. The molecule has 2 aromatic carbocycles. The van der Waals surface area contributed by atoms with Gasteiger partial charge in [0.15, 0.2) is 0 Å². The first kappa shape index (κ1) is 17.1. The minimum atomic E-state index is -3.62. The van der Waals surface area contributed by atoms with Gasteiger partial charge in [0.1, 0.15) is 5.82 Å². The number of amides is 1. The highest BCUT2D eigenvalue weighted by Crippen LogP contribution is 2.24. The maximum absolute atomic E-state index is 13.8. The molecule has 0 radical (unpaired) electrons. The first-order valence-electron chi connectivity index (χ1n) is 7.24. The van der Waals surface area contributed by atoms with Crippen LogP contribution in [-0.4, -0.2) is 20.4 Å². The highest BCUT2D eigenvalue weighted by atomic mass is 79.9. The number of hydrogen-bond donors (Lipinski definition) is 2. The number of anilines is 1. The second kappa shape index (κ2) is 6.62. The van der Waals surface area contributed by atoms with E-state index < -0.39 is 21.7 Å². The molecule has 0 atom stereocenters. The van der Waals surface area contributed by atoms with Gasteiger partial charge in [-0.15, -0.1) is 0 Å². The maximum Gasteiger partial charge on any atom is 0.258 e. The Bertz CT molecular complexity index is 898. The SMILES string of the molecule is O=C(Nc1cccc(S(=O)(=O)NC2CC2)c1)c1cc(Br)ccc1F. The minimum Gasteiger partial charge on any atom is -0.322 e. The van der Waals surface area contributed by atoms with E-state index in [1.807, 2.05) is 0 Å². The first-order chi connectivity index (χ1) is 11.3. The average molecular weight is 413 g/mol. The fraction of sp³-hybridized carbons (Fsp3) is 0.188. The van der Waals surface area contributed by atoms with Crippen LogP contribution in [0.4, 0.5) is 10.1 Å². The molecule has 3 rings (SSSR count). The van der Waals surface area contributed by atoms with Crippen LogP contribution in [0.15, 0.2) is 51.8 Å². The number of carbonyl (C=O) groups excluding carboxylic acids is 1. The van der Waals surface area contributed by atoms with Crippen LogP contribution in [0.1, 0.15) is 23.2 Å². The lowest BCUT2D eigenvalue weighted by Gasteiger charge is -2.09. The summed E-state index contributed by atoms with van der Waals surface area (Å²) in [5.74, 6) is -1.31. The van der Waals surface area contributed by atoms with Crippen LogP contribution in [0.2, 0.25) is 0 Å². The number of halogens is 2. The second-order valence-electron chi connectivity index (χ2n) is 5.50. The van der Waals surface area contributed by atoms with Crippen molar-refractivity contribution in [2.24, 2.45) is 0 Å². The van der Waals surface area contributed by atoms with Crippen molar-refractivity contribution in [3.63, 3.8) is 0 Å². The summed E-state index contributed by atoms with van der Waals surface area (Å²) in [6.45, 7) is 0. The van der Waals surface area contributed by atoms with Gasteiger partial charge in [0.05, 0.1) is 10.5 Å². The molecule has 0 spiro atoms. The third-order valence-corrected chi connectivity index (χ3v) is 5.49. The summed E-state index contributed by atoms with van der Waals surface area (Å²) < 4.78 is 41.3. The smallest absolute Gasteiger partial charge is 0.258 e. The molecule has 1 amide bonds. The Labute approximate surface area is 147 Å². The summed E-state index contributed by atoms with van der Waals surface area (Å²) in [6.07, 6.45) is 1.66. The second-order valence-corrected chi connectivity index (χ2v) is 8.13. The lowest BCUT2D eigenvalue weighted by Crippen LogP contribution is -2.25. The Morgan fingerprint density at radius 3 is 2.62 bits per heavy atom. The van der Waals surface area contributed by atoms with Crippen molar-refractivity contribution >= 4 is 37.5 Å². The lowest BCUT2D eigenvalue weighted by atomic mass is 10.2. The lowest BCUT2D eigenvalue weighted by molar-refractivity contribution is 0.102. The fourth-order valence-electron chi connectivity index (χ4n) is 2.10. The molecular weight excluding hydrogens is 399 g/mol. The van der Waals surface area contributed by atoms with Gasteiger partial charge < -0.3 is 5.32 Å². The van der Waals surface area contributed by atoms with Crippen molar-refractivity contribution in [3.8, 4) is 0 Å². The minimum absolute atomic E-state index is 0.0102. The molecule has 2 aromatic rings. The zero-order valence-corrected chi connectivity index (χ0v) is 14.8. The molecule has 0 bridgehead atoms. The van der Waals surface area contributed by atoms with Gasteiger partial charge in [-0.3, -0.25) is 4.79 Å². The van der Waals surface area contributed by atoms with Crippen LogP contribution in [0.3, 0.4) is 0 Å². The van der Waals surface area contributed by atoms with Crippen molar-refractivity contribution in [1.82, 2.24) is 4.72 Å². The Morgan fingerprint density at radius 2 is 1.92 bits per heavy atom. The molecule has 0 saturated heterocycles. The first-order valence-corrected chi connectivity index (χ1v) is 9.51. The topological polar surface area (TPSA) is 75.3 Å². The third-order valence-electron chi connectivity index (χ3n) is 3.47. The van der Waals surface area contributed by atoms with Crippen LogP contribution in [0.25, 0.3) is 0 Å². The number of rotatable bonds is 5. The number of benzene rings is 2. The van der Waals surface area contributed by atoms with E-state index in [0.29, 0.717) is 4.47 Å². The Balaban J connectivity index is 1.81. The molecule has 126 valence electrons. The van der Waals surface area contributed by atoms with E-state index >= 15 is 0 Å². The van der Waals surface area contributed by atoms with Crippen molar-refractivity contribution in [3.05, 3.63) is 58.3 Å². The van der Waals surface area contributed by atoms with Crippen LogP contribution in [0, 0.1) is 5.82 Å².